The van der Waals surface area contributed by atoms with Crippen molar-refractivity contribution in [2.24, 2.45) is 0 Å². The van der Waals surface area contributed by atoms with Gasteiger partial charge in [0.25, 0.3) is 0 Å². The van der Waals surface area contributed by atoms with Gasteiger partial charge in [0, 0.05) is 5.56 Å². The molecule has 0 aliphatic carbocycles. The molecule has 0 saturated heterocycles. The van der Waals surface area contributed by atoms with E-state index in [1.807, 2.05) is 0 Å². The molecular formula is C14H12ClF2N3O3. The number of hydrogen-bond acceptors (Lipinski definition) is 5. The summed E-state index contributed by atoms with van der Waals surface area (Å²) in [6, 6.07) is 6.19. The molecular weight excluding hydrogens is 332 g/mol. The van der Waals surface area contributed by atoms with Gasteiger partial charge in [0.05, 0.1) is 16.4 Å². The molecule has 1 aromatic heterocycles. The van der Waals surface area contributed by atoms with E-state index in [1.165, 1.54) is 19.1 Å². The zero-order valence-electron chi connectivity index (χ0n) is 11.9. The smallest absolute Gasteiger partial charge is 0.359 e. The number of hydrogen-bond donors (Lipinski definition) is 1. The average molecular weight is 344 g/mol. The van der Waals surface area contributed by atoms with Gasteiger partial charge < -0.3 is 10.5 Å². The fourth-order valence-corrected chi connectivity index (χ4v) is 2.11. The number of carbonyl (C=O) groups is 2. The lowest BCUT2D eigenvalue weighted by atomic mass is 10.1. The van der Waals surface area contributed by atoms with Gasteiger partial charge in [-0.3, -0.25) is 4.79 Å². The third kappa shape index (κ3) is 3.48. The number of esters is 1. The maximum absolute atomic E-state index is 12.9. The highest BCUT2D eigenvalue weighted by Crippen LogP contribution is 2.23. The topological polar surface area (TPSA) is 87.2 Å². The number of alkyl halides is 2. The maximum atomic E-state index is 12.9. The summed E-state index contributed by atoms with van der Waals surface area (Å²) in [5, 5.41) is 3.66. The van der Waals surface area contributed by atoms with Gasteiger partial charge in [0.2, 0.25) is 5.78 Å². The molecule has 0 bridgehead atoms. The Morgan fingerprint density at radius 2 is 2.04 bits per heavy atom. The number of ketones is 1. The van der Waals surface area contributed by atoms with Crippen LogP contribution in [0.2, 0.25) is 5.02 Å². The largest absolute Gasteiger partial charge is 0.453 e. The summed E-state index contributed by atoms with van der Waals surface area (Å²) in [4.78, 5) is 23.9. The van der Waals surface area contributed by atoms with Crippen molar-refractivity contribution in [2.45, 2.75) is 13.5 Å². The third-order valence-electron chi connectivity index (χ3n) is 3.02. The van der Waals surface area contributed by atoms with Crippen molar-refractivity contribution in [3.63, 3.8) is 0 Å². The lowest BCUT2D eigenvalue weighted by molar-refractivity contribution is 0.0340. The number of carbonyl (C=O) groups excluding carboxylic acids is 2. The first-order valence-electron chi connectivity index (χ1n) is 6.40. The summed E-state index contributed by atoms with van der Waals surface area (Å²) >= 11 is 5.85. The Morgan fingerprint density at radius 3 is 2.65 bits per heavy atom. The van der Waals surface area contributed by atoms with E-state index in [9.17, 15) is 18.4 Å². The monoisotopic (exact) mass is 343 g/mol. The van der Waals surface area contributed by atoms with Gasteiger partial charge >= 0.3 is 12.5 Å². The molecule has 0 saturated carbocycles. The molecule has 2 N–H and O–H groups in total. The lowest BCUT2D eigenvalue weighted by Gasteiger charge is -2.08. The van der Waals surface area contributed by atoms with Crippen LogP contribution in [-0.4, -0.2) is 28.1 Å². The number of anilines is 1. The maximum Gasteiger partial charge on any atom is 0.359 e. The molecule has 0 spiro atoms. The van der Waals surface area contributed by atoms with Crippen LogP contribution in [0.15, 0.2) is 24.3 Å². The number of ether oxygens (including phenoxy) is 1. The Bertz CT molecular complexity index is 762. The van der Waals surface area contributed by atoms with Gasteiger partial charge in [-0.05, 0) is 19.1 Å². The Kier molecular flexibility index (Phi) is 4.95. The molecule has 6 nitrogen and oxygen atoms in total. The number of Topliss-reactive ketones (excluding diaryl/α,β-unsaturated/α-hetero) is 1. The highest BCUT2D eigenvalue weighted by atomic mass is 35.5. The second-order valence-electron chi connectivity index (χ2n) is 4.55. The molecule has 0 fully saturated rings. The van der Waals surface area contributed by atoms with Gasteiger partial charge in [-0.2, -0.15) is 18.6 Å². The van der Waals surface area contributed by atoms with E-state index >= 15 is 0 Å². The minimum atomic E-state index is -3.06. The van der Waals surface area contributed by atoms with Crippen molar-refractivity contribution in [1.29, 1.82) is 0 Å². The van der Waals surface area contributed by atoms with Crippen molar-refractivity contribution < 1.29 is 23.1 Å². The normalized spacial score (nSPS) is 10.8. The van der Waals surface area contributed by atoms with Crippen LogP contribution in [0.5, 0.6) is 0 Å². The highest BCUT2D eigenvalue weighted by molar-refractivity contribution is 6.34. The Labute approximate surface area is 134 Å². The molecule has 0 unspecified atom stereocenters. The SMILES string of the molecule is Cc1nn(C(F)F)c(C(=O)OCC(=O)c2ccccc2Cl)c1N. The third-order valence-corrected chi connectivity index (χ3v) is 3.35. The van der Waals surface area contributed by atoms with E-state index in [0.29, 0.717) is 0 Å². The van der Waals surface area contributed by atoms with Crippen molar-refractivity contribution in [1.82, 2.24) is 9.78 Å². The molecule has 9 heteroatoms. The summed E-state index contributed by atoms with van der Waals surface area (Å²) in [5.74, 6) is -1.73. The lowest BCUT2D eigenvalue weighted by Crippen LogP contribution is -2.19. The number of rotatable bonds is 5. The van der Waals surface area contributed by atoms with Crippen molar-refractivity contribution >= 4 is 29.0 Å². The van der Waals surface area contributed by atoms with Crippen LogP contribution >= 0.6 is 11.6 Å². The number of aromatic nitrogens is 2. The first-order chi connectivity index (χ1) is 10.8. The van der Waals surface area contributed by atoms with E-state index in [4.69, 9.17) is 22.1 Å². The van der Waals surface area contributed by atoms with Crippen LogP contribution in [0.3, 0.4) is 0 Å². The van der Waals surface area contributed by atoms with Crippen LogP contribution in [0, 0.1) is 6.92 Å². The van der Waals surface area contributed by atoms with Crippen LogP contribution in [-0.2, 0) is 4.74 Å². The van der Waals surface area contributed by atoms with Crippen molar-refractivity contribution in [3.05, 3.63) is 46.2 Å². The predicted octanol–water partition coefficient (Wildman–Crippen LogP) is 2.86. The molecule has 0 radical (unpaired) electrons. The fourth-order valence-electron chi connectivity index (χ4n) is 1.87. The predicted molar refractivity (Wildman–Crippen MR) is 78.7 cm³/mol. The van der Waals surface area contributed by atoms with Gasteiger partial charge in [0.15, 0.2) is 12.3 Å². The highest BCUT2D eigenvalue weighted by Gasteiger charge is 2.26. The second kappa shape index (κ2) is 6.74. The molecule has 0 aliphatic rings. The number of nitrogen functional groups attached to an aromatic ring is 1. The van der Waals surface area contributed by atoms with Crippen LogP contribution in [0.25, 0.3) is 0 Å². The van der Waals surface area contributed by atoms with Crippen LogP contribution < -0.4 is 5.73 Å². The van der Waals surface area contributed by atoms with E-state index < -0.39 is 30.6 Å². The molecule has 1 heterocycles. The van der Waals surface area contributed by atoms with Gasteiger partial charge in [-0.25, -0.2) is 4.79 Å². The van der Waals surface area contributed by atoms with Gasteiger partial charge in [-0.1, -0.05) is 23.7 Å². The number of aryl methyl sites for hydroxylation is 1. The summed E-state index contributed by atoms with van der Waals surface area (Å²) in [6.07, 6.45) is 0. The zero-order chi connectivity index (χ0) is 17.1. The molecule has 23 heavy (non-hydrogen) atoms. The summed E-state index contributed by atoms with van der Waals surface area (Å²) in [7, 11) is 0. The van der Waals surface area contributed by atoms with Crippen LogP contribution in [0.4, 0.5) is 14.5 Å². The van der Waals surface area contributed by atoms with Crippen LogP contribution in [0.1, 0.15) is 33.1 Å². The summed E-state index contributed by atoms with van der Waals surface area (Å²) in [6.45, 7) is -2.34. The minimum absolute atomic E-state index is 0.0645. The minimum Gasteiger partial charge on any atom is -0.453 e. The Balaban J connectivity index is 2.15. The first kappa shape index (κ1) is 16.9. The zero-order valence-corrected chi connectivity index (χ0v) is 12.7. The standard InChI is InChI=1S/C14H12ClF2N3O3/c1-7-11(18)12(20(19-7)14(16)17)13(22)23-6-10(21)8-4-2-3-5-9(8)15/h2-5,14H,6,18H2,1H3. The van der Waals surface area contributed by atoms with Crippen molar-refractivity contribution in [2.75, 3.05) is 12.3 Å². The van der Waals surface area contributed by atoms with E-state index in [0.717, 1.165) is 0 Å². The Hall–Kier alpha value is -2.48. The molecule has 0 amide bonds. The number of halogens is 3. The molecule has 0 aliphatic heterocycles. The van der Waals surface area contributed by atoms with E-state index in [-0.39, 0.29) is 26.6 Å². The fraction of sp³-hybridized carbons (Fsp3) is 0.214. The first-order valence-corrected chi connectivity index (χ1v) is 6.78. The molecule has 2 rings (SSSR count). The number of nitrogens with zero attached hydrogens (tertiary/aromatic N) is 2. The number of nitrogens with two attached hydrogens (primary N) is 1. The molecule has 0 atom stereocenters. The molecule has 2 aromatic rings. The van der Waals surface area contributed by atoms with E-state index in [1.54, 1.807) is 12.1 Å². The van der Waals surface area contributed by atoms with Gasteiger partial charge in [0.1, 0.15) is 0 Å². The van der Waals surface area contributed by atoms with Gasteiger partial charge in [-0.15, -0.1) is 0 Å². The summed E-state index contributed by atoms with van der Waals surface area (Å²) in [5.41, 5.74) is 4.97. The second-order valence-corrected chi connectivity index (χ2v) is 4.96. The quantitative estimate of drug-likeness (QED) is 0.666. The molecule has 122 valence electrons. The molecule has 1 aromatic carbocycles. The van der Waals surface area contributed by atoms with Crippen molar-refractivity contribution in [3.8, 4) is 0 Å². The summed E-state index contributed by atoms with van der Waals surface area (Å²) < 4.78 is 30.6. The number of benzene rings is 1. The average Bonchev–Trinajstić information content (AvgIpc) is 2.81. The van der Waals surface area contributed by atoms with E-state index in [2.05, 4.69) is 5.10 Å². The Morgan fingerprint density at radius 1 is 1.39 bits per heavy atom.